The van der Waals surface area contributed by atoms with E-state index >= 15 is 0 Å². The van der Waals surface area contributed by atoms with Crippen molar-refractivity contribution in [3.63, 3.8) is 0 Å². The number of aromatic amines is 1. The zero-order valence-electron chi connectivity index (χ0n) is 11.5. The molecule has 3 aromatic rings. The molecule has 112 valence electrons. The minimum atomic E-state index is -0.422. The third kappa shape index (κ3) is 2.80. The van der Waals surface area contributed by atoms with Gasteiger partial charge in [0.25, 0.3) is 5.56 Å². The molecule has 0 spiro atoms. The number of aromatic nitrogens is 2. The zero-order chi connectivity index (χ0) is 15.7. The van der Waals surface area contributed by atoms with E-state index in [0.29, 0.717) is 27.4 Å². The van der Waals surface area contributed by atoms with Gasteiger partial charge in [-0.15, -0.1) is 0 Å². The van der Waals surface area contributed by atoms with Gasteiger partial charge in [0.05, 0.1) is 10.9 Å². The number of H-pyrrole nitrogens is 1. The summed E-state index contributed by atoms with van der Waals surface area (Å²) in [7, 11) is 0. The first-order chi connectivity index (χ1) is 10.6. The minimum absolute atomic E-state index is 0.250. The maximum Gasteiger partial charge on any atom is 0.328 e. The van der Waals surface area contributed by atoms with Gasteiger partial charge in [-0.2, -0.15) is 0 Å². The average Bonchev–Trinajstić information content (AvgIpc) is 2.49. The number of rotatable bonds is 3. The van der Waals surface area contributed by atoms with Crippen LogP contribution in [0.5, 0.6) is 0 Å². The van der Waals surface area contributed by atoms with Gasteiger partial charge in [0.1, 0.15) is 0 Å². The second-order valence-corrected chi connectivity index (χ2v) is 5.76. The Bertz CT molecular complexity index is 960. The number of aryl methyl sites for hydroxylation is 1. The molecule has 0 aliphatic carbocycles. The fraction of sp³-hybridized carbons (Fsp3) is 0.125. The lowest BCUT2D eigenvalue weighted by Gasteiger charge is -2.08. The van der Waals surface area contributed by atoms with E-state index in [2.05, 4.69) is 4.98 Å². The lowest BCUT2D eigenvalue weighted by atomic mass is 10.1. The van der Waals surface area contributed by atoms with E-state index in [0.717, 1.165) is 5.56 Å². The van der Waals surface area contributed by atoms with Gasteiger partial charge in [0, 0.05) is 16.6 Å². The molecular formula is C16H12Cl2N2O2. The Balaban J connectivity index is 1.97. The molecule has 0 fully saturated rings. The van der Waals surface area contributed by atoms with Crippen LogP contribution in [0.1, 0.15) is 5.56 Å². The number of para-hydroxylation sites is 1. The van der Waals surface area contributed by atoms with Crippen LogP contribution in [0.15, 0.2) is 52.1 Å². The normalized spacial score (nSPS) is 11.0. The fourth-order valence-corrected chi connectivity index (χ4v) is 2.86. The Morgan fingerprint density at radius 3 is 2.59 bits per heavy atom. The summed E-state index contributed by atoms with van der Waals surface area (Å²) in [5, 5.41) is 1.57. The molecule has 6 heteroatoms. The molecule has 0 amide bonds. The van der Waals surface area contributed by atoms with E-state index in [1.807, 2.05) is 0 Å². The van der Waals surface area contributed by atoms with Crippen LogP contribution in [0, 0.1) is 0 Å². The molecular weight excluding hydrogens is 323 g/mol. The Kier molecular flexibility index (Phi) is 4.05. The summed E-state index contributed by atoms with van der Waals surface area (Å²) in [4.78, 5) is 27.2. The van der Waals surface area contributed by atoms with Crippen LogP contribution in [-0.4, -0.2) is 9.55 Å². The first-order valence-electron chi connectivity index (χ1n) is 6.72. The second-order valence-electron chi connectivity index (χ2n) is 4.92. The number of halogens is 2. The van der Waals surface area contributed by atoms with Crippen LogP contribution < -0.4 is 11.2 Å². The van der Waals surface area contributed by atoms with Crippen molar-refractivity contribution in [3.05, 3.63) is 78.9 Å². The average molecular weight is 335 g/mol. The van der Waals surface area contributed by atoms with Crippen molar-refractivity contribution < 1.29 is 0 Å². The number of fused-ring (bicyclic) bond motifs is 1. The summed E-state index contributed by atoms with van der Waals surface area (Å²) in [6.07, 6.45) is 0.470. The monoisotopic (exact) mass is 334 g/mol. The first-order valence-corrected chi connectivity index (χ1v) is 7.47. The lowest BCUT2D eigenvalue weighted by molar-refractivity contribution is 0.636. The molecule has 0 atom stereocenters. The molecule has 1 aromatic heterocycles. The smallest absolute Gasteiger partial charge is 0.307 e. The molecule has 0 saturated heterocycles. The first kappa shape index (κ1) is 14.9. The van der Waals surface area contributed by atoms with Crippen molar-refractivity contribution in [2.24, 2.45) is 0 Å². The number of hydrogen-bond acceptors (Lipinski definition) is 2. The van der Waals surface area contributed by atoms with E-state index in [1.54, 1.807) is 42.5 Å². The van der Waals surface area contributed by atoms with E-state index < -0.39 is 5.69 Å². The summed E-state index contributed by atoms with van der Waals surface area (Å²) in [5.41, 5.74) is 0.655. The van der Waals surface area contributed by atoms with Crippen molar-refractivity contribution >= 4 is 34.1 Å². The fourth-order valence-electron chi connectivity index (χ4n) is 2.36. The maximum absolute atomic E-state index is 12.4. The molecule has 1 N–H and O–H groups in total. The van der Waals surface area contributed by atoms with Crippen LogP contribution in [0.3, 0.4) is 0 Å². The second kappa shape index (κ2) is 5.99. The number of benzene rings is 2. The predicted molar refractivity (Wildman–Crippen MR) is 89.0 cm³/mol. The SMILES string of the molecule is O=c1[nH]c2ccccc2c(=O)n1CCc1ccc(Cl)cc1Cl. The van der Waals surface area contributed by atoms with E-state index in [1.165, 1.54) is 4.57 Å². The van der Waals surface area contributed by atoms with Crippen LogP contribution in [0.4, 0.5) is 0 Å². The zero-order valence-corrected chi connectivity index (χ0v) is 13.0. The number of nitrogens with zero attached hydrogens (tertiary/aromatic N) is 1. The van der Waals surface area contributed by atoms with Crippen molar-refractivity contribution in [3.8, 4) is 0 Å². The number of nitrogens with one attached hydrogen (secondary N) is 1. The molecule has 0 bridgehead atoms. The molecule has 3 rings (SSSR count). The standard InChI is InChI=1S/C16H12Cl2N2O2/c17-11-6-5-10(13(18)9-11)7-8-20-15(21)12-3-1-2-4-14(12)19-16(20)22/h1-6,9H,7-8H2,(H,19,22). The summed E-state index contributed by atoms with van der Waals surface area (Å²) < 4.78 is 1.19. The van der Waals surface area contributed by atoms with Crippen LogP contribution >= 0.6 is 23.2 Å². The highest BCUT2D eigenvalue weighted by Crippen LogP contribution is 2.21. The maximum atomic E-state index is 12.4. The minimum Gasteiger partial charge on any atom is -0.307 e. The molecule has 0 saturated carbocycles. The van der Waals surface area contributed by atoms with Gasteiger partial charge in [-0.3, -0.25) is 9.36 Å². The van der Waals surface area contributed by atoms with Crippen molar-refractivity contribution in [1.82, 2.24) is 9.55 Å². The van der Waals surface area contributed by atoms with Gasteiger partial charge < -0.3 is 4.98 Å². The molecule has 22 heavy (non-hydrogen) atoms. The molecule has 0 aliphatic heterocycles. The van der Waals surface area contributed by atoms with Crippen LogP contribution in [0.2, 0.25) is 10.0 Å². The Hall–Kier alpha value is -2.04. The predicted octanol–water partition coefficient (Wildman–Crippen LogP) is 3.24. The number of hydrogen-bond donors (Lipinski definition) is 1. The molecule has 0 radical (unpaired) electrons. The highest BCUT2D eigenvalue weighted by atomic mass is 35.5. The van der Waals surface area contributed by atoms with Gasteiger partial charge in [-0.05, 0) is 36.2 Å². The lowest BCUT2D eigenvalue weighted by Crippen LogP contribution is -2.35. The van der Waals surface area contributed by atoms with Crippen LogP contribution in [0.25, 0.3) is 10.9 Å². The van der Waals surface area contributed by atoms with Gasteiger partial charge >= 0.3 is 5.69 Å². The van der Waals surface area contributed by atoms with Crippen molar-refractivity contribution in [1.29, 1.82) is 0 Å². The highest BCUT2D eigenvalue weighted by molar-refractivity contribution is 6.35. The summed E-state index contributed by atoms with van der Waals surface area (Å²) >= 11 is 12.0. The molecule has 0 aliphatic rings. The molecule has 1 heterocycles. The van der Waals surface area contributed by atoms with E-state index in [4.69, 9.17) is 23.2 Å². The van der Waals surface area contributed by atoms with Crippen LogP contribution in [-0.2, 0) is 13.0 Å². The molecule has 0 unspecified atom stereocenters. The Labute approximate surface area is 135 Å². The third-order valence-electron chi connectivity index (χ3n) is 3.51. The Morgan fingerprint density at radius 1 is 1.05 bits per heavy atom. The van der Waals surface area contributed by atoms with Gasteiger partial charge in [0.15, 0.2) is 0 Å². The van der Waals surface area contributed by atoms with E-state index in [-0.39, 0.29) is 12.1 Å². The summed E-state index contributed by atoms with van der Waals surface area (Å²) in [5.74, 6) is 0. The summed E-state index contributed by atoms with van der Waals surface area (Å²) in [6.45, 7) is 0.250. The topological polar surface area (TPSA) is 54.9 Å². The van der Waals surface area contributed by atoms with Gasteiger partial charge in [-0.25, -0.2) is 4.79 Å². The molecule has 4 nitrogen and oxygen atoms in total. The van der Waals surface area contributed by atoms with Gasteiger partial charge in [-0.1, -0.05) is 41.4 Å². The van der Waals surface area contributed by atoms with E-state index in [9.17, 15) is 9.59 Å². The largest absolute Gasteiger partial charge is 0.328 e. The van der Waals surface area contributed by atoms with Crippen molar-refractivity contribution in [2.45, 2.75) is 13.0 Å². The van der Waals surface area contributed by atoms with Gasteiger partial charge in [0.2, 0.25) is 0 Å². The quantitative estimate of drug-likeness (QED) is 0.799. The van der Waals surface area contributed by atoms with Crippen molar-refractivity contribution in [2.75, 3.05) is 0 Å². The Morgan fingerprint density at radius 2 is 1.82 bits per heavy atom. The summed E-state index contributed by atoms with van der Waals surface area (Å²) in [6, 6.07) is 12.1. The highest BCUT2D eigenvalue weighted by Gasteiger charge is 2.08. The third-order valence-corrected chi connectivity index (χ3v) is 4.10. The molecule has 2 aromatic carbocycles.